The van der Waals surface area contributed by atoms with Gasteiger partial charge in [-0.05, 0) is 61.4 Å². The van der Waals surface area contributed by atoms with Gasteiger partial charge in [-0.1, -0.05) is 50.9 Å². The highest BCUT2D eigenvalue weighted by atomic mass is 35.5. The van der Waals surface area contributed by atoms with Crippen LogP contribution in [0.15, 0.2) is 24.3 Å². The zero-order valence-electron chi connectivity index (χ0n) is 13.8. The molecule has 0 aromatic heterocycles. The van der Waals surface area contributed by atoms with Gasteiger partial charge < -0.3 is 10.6 Å². The third kappa shape index (κ3) is 4.60. The molecule has 2 nitrogen and oxygen atoms in total. The fraction of sp³-hybridized carbons (Fsp3) is 0.611. The molecule has 1 aliphatic carbocycles. The Labute approximate surface area is 145 Å². The van der Waals surface area contributed by atoms with Crippen molar-refractivity contribution < 1.29 is 0 Å². The van der Waals surface area contributed by atoms with Crippen LogP contribution in [0.3, 0.4) is 0 Å². The summed E-state index contributed by atoms with van der Waals surface area (Å²) in [6.45, 7) is 7.09. The highest BCUT2D eigenvalue weighted by Gasteiger charge is 2.31. The van der Waals surface area contributed by atoms with Crippen molar-refractivity contribution in [2.75, 3.05) is 5.32 Å². The minimum atomic E-state index is 0.460. The van der Waals surface area contributed by atoms with Gasteiger partial charge in [0.2, 0.25) is 0 Å². The third-order valence-corrected chi connectivity index (χ3v) is 5.75. The molecule has 0 bridgehead atoms. The average Bonchev–Trinajstić information content (AvgIpc) is 2.50. The fourth-order valence-corrected chi connectivity index (χ4v) is 3.67. The van der Waals surface area contributed by atoms with Gasteiger partial charge >= 0.3 is 0 Å². The van der Waals surface area contributed by atoms with E-state index in [0.717, 1.165) is 11.6 Å². The summed E-state index contributed by atoms with van der Waals surface area (Å²) in [4.78, 5) is 0. The fourth-order valence-electron chi connectivity index (χ4n) is 3.21. The maximum Gasteiger partial charge on any atom is 0.171 e. The van der Waals surface area contributed by atoms with Crippen molar-refractivity contribution in [1.82, 2.24) is 5.32 Å². The molecule has 0 heterocycles. The number of anilines is 1. The largest absolute Gasteiger partial charge is 0.360 e. The summed E-state index contributed by atoms with van der Waals surface area (Å²) in [5, 5.41) is 8.01. The van der Waals surface area contributed by atoms with E-state index in [0.29, 0.717) is 21.6 Å². The monoisotopic (exact) mass is 338 g/mol. The number of para-hydroxylation sites is 1. The van der Waals surface area contributed by atoms with Gasteiger partial charge in [0.05, 0.1) is 10.7 Å². The lowest BCUT2D eigenvalue weighted by molar-refractivity contribution is 0.141. The van der Waals surface area contributed by atoms with Crippen molar-refractivity contribution in [3.05, 3.63) is 29.3 Å². The van der Waals surface area contributed by atoms with Crippen LogP contribution in [-0.4, -0.2) is 11.2 Å². The molecule has 122 valence electrons. The Hall–Kier alpha value is -0.800. The van der Waals surface area contributed by atoms with E-state index in [1.54, 1.807) is 0 Å². The highest BCUT2D eigenvalue weighted by Crippen LogP contribution is 2.40. The van der Waals surface area contributed by atoms with E-state index < -0.39 is 0 Å². The lowest BCUT2D eigenvalue weighted by atomic mass is 9.69. The first-order chi connectivity index (χ1) is 10.4. The van der Waals surface area contributed by atoms with Gasteiger partial charge in [-0.2, -0.15) is 0 Å². The molecule has 0 aliphatic heterocycles. The minimum Gasteiger partial charge on any atom is -0.360 e. The summed E-state index contributed by atoms with van der Waals surface area (Å²) in [6.07, 6.45) is 6.21. The van der Waals surface area contributed by atoms with Gasteiger partial charge in [0.15, 0.2) is 5.11 Å². The number of rotatable bonds is 4. The Kier molecular flexibility index (Phi) is 6.10. The quantitative estimate of drug-likeness (QED) is 0.696. The standard InChI is InChI=1S/C18H27ClN2S/c1-4-18(2,3)13-9-11-14(12-10-13)20-17(22)21-16-8-6-5-7-15(16)19/h5-8,13-14H,4,9-12H2,1-3H3,(H2,20,21,22). The number of hydrogen-bond donors (Lipinski definition) is 2. The van der Waals surface area contributed by atoms with Crippen LogP contribution in [-0.2, 0) is 0 Å². The van der Waals surface area contributed by atoms with Crippen LogP contribution >= 0.6 is 23.8 Å². The van der Waals surface area contributed by atoms with Crippen LogP contribution in [0, 0.1) is 11.3 Å². The van der Waals surface area contributed by atoms with Gasteiger partial charge in [0.25, 0.3) is 0 Å². The molecule has 0 amide bonds. The van der Waals surface area contributed by atoms with Crippen molar-refractivity contribution in [2.24, 2.45) is 11.3 Å². The average molecular weight is 339 g/mol. The molecule has 0 unspecified atom stereocenters. The van der Waals surface area contributed by atoms with E-state index in [1.807, 2.05) is 24.3 Å². The van der Waals surface area contributed by atoms with Crippen LogP contribution in [0.1, 0.15) is 52.9 Å². The first kappa shape index (κ1) is 17.6. The second-order valence-electron chi connectivity index (χ2n) is 6.97. The molecular formula is C18H27ClN2S. The summed E-state index contributed by atoms with van der Waals surface area (Å²) < 4.78 is 0. The molecule has 0 atom stereocenters. The van der Waals surface area contributed by atoms with E-state index >= 15 is 0 Å². The first-order valence-corrected chi connectivity index (χ1v) is 9.03. The SMILES string of the molecule is CCC(C)(C)C1CCC(NC(=S)Nc2ccccc2Cl)CC1. The molecular weight excluding hydrogens is 312 g/mol. The van der Waals surface area contributed by atoms with Gasteiger partial charge in [-0.15, -0.1) is 0 Å². The molecule has 2 rings (SSSR count). The molecule has 0 spiro atoms. The molecule has 1 aromatic rings. The minimum absolute atomic E-state index is 0.460. The summed E-state index contributed by atoms with van der Waals surface area (Å²) in [5.41, 5.74) is 1.32. The van der Waals surface area contributed by atoms with E-state index in [1.165, 1.54) is 32.1 Å². The third-order valence-electron chi connectivity index (χ3n) is 5.20. The first-order valence-electron chi connectivity index (χ1n) is 8.24. The maximum absolute atomic E-state index is 6.15. The Morgan fingerprint density at radius 3 is 2.45 bits per heavy atom. The van der Waals surface area contributed by atoms with E-state index in [4.69, 9.17) is 23.8 Å². The Morgan fingerprint density at radius 1 is 1.23 bits per heavy atom. The van der Waals surface area contributed by atoms with E-state index in [2.05, 4.69) is 31.4 Å². The van der Waals surface area contributed by atoms with Crippen LogP contribution in [0.2, 0.25) is 5.02 Å². The van der Waals surface area contributed by atoms with Crippen molar-refractivity contribution in [3.63, 3.8) is 0 Å². The summed E-state index contributed by atoms with van der Waals surface area (Å²) in [5.74, 6) is 0.834. The zero-order chi connectivity index (χ0) is 16.2. The van der Waals surface area contributed by atoms with Crippen LogP contribution < -0.4 is 10.6 Å². The lowest BCUT2D eigenvalue weighted by Crippen LogP contribution is -2.41. The Balaban J connectivity index is 1.81. The topological polar surface area (TPSA) is 24.1 Å². The highest BCUT2D eigenvalue weighted by molar-refractivity contribution is 7.80. The molecule has 2 N–H and O–H groups in total. The van der Waals surface area contributed by atoms with Gasteiger partial charge in [-0.25, -0.2) is 0 Å². The second-order valence-corrected chi connectivity index (χ2v) is 7.78. The van der Waals surface area contributed by atoms with Gasteiger partial charge in [-0.3, -0.25) is 0 Å². The Morgan fingerprint density at radius 2 is 1.86 bits per heavy atom. The predicted octanol–water partition coefficient (Wildman–Crippen LogP) is 5.62. The number of nitrogens with one attached hydrogen (secondary N) is 2. The lowest BCUT2D eigenvalue weighted by Gasteiger charge is -2.39. The van der Waals surface area contributed by atoms with Crippen LogP contribution in [0.5, 0.6) is 0 Å². The van der Waals surface area contributed by atoms with Crippen molar-refractivity contribution in [3.8, 4) is 0 Å². The molecule has 22 heavy (non-hydrogen) atoms. The molecule has 1 fully saturated rings. The maximum atomic E-state index is 6.15. The normalized spacial score (nSPS) is 22.2. The van der Waals surface area contributed by atoms with E-state index in [-0.39, 0.29) is 0 Å². The van der Waals surface area contributed by atoms with Crippen LogP contribution in [0.25, 0.3) is 0 Å². The number of hydrogen-bond acceptors (Lipinski definition) is 1. The summed E-state index contributed by atoms with van der Waals surface area (Å²) in [6, 6.07) is 8.16. The summed E-state index contributed by atoms with van der Waals surface area (Å²) >= 11 is 11.6. The van der Waals surface area contributed by atoms with Crippen molar-refractivity contribution in [1.29, 1.82) is 0 Å². The molecule has 1 aromatic carbocycles. The summed E-state index contributed by atoms with van der Waals surface area (Å²) in [7, 11) is 0. The second kappa shape index (κ2) is 7.65. The van der Waals surface area contributed by atoms with E-state index in [9.17, 15) is 0 Å². The van der Waals surface area contributed by atoms with Crippen molar-refractivity contribution >= 4 is 34.6 Å². The van der Waals surface area contributed by atoms with Gasteiger partial charge in [0, 0.05) is 6.04 Å². The molecule has 1 aliphatic rings. The smallest absolute Gasteiger partial charge is 0.171 e. The number of halogens is 1. The van der Waals surface area contributed by atoms with Crippen molar-refractivity contribution in [2.45, 2.75) is 58.9 Å². The zero-order valence-corrected chi connectivity index (χ0v) is 15.4. The van der Waals surface area contributed by atoms with Crippen LogP contribution in [0.4, 0.5) is 5.69 Å². The Bertz CT molecular complexity index is 508. The molecule has 0 radical (unpaired) electrons. The predicted molar refractivity (Wildman–Crippen MR) is 101 cm³/mol. The van der Waals surface area contributed by atoms with Gasteiger partial charge in [0.1, 0.15) is 0 Å². The molecule has 0 saturated heterocycles. The molecule has 1 saturated carbocycles. The molecule has 4 heteroatoms. The number of thiocarbonyl (C=S) groups is 1. The number of benzene rings is 1.